The van der Waals surface area contributed by atoms with Crippen molar-refractivity contribution in [3.63, 3.8) is 0 Å². The third kappa shape index (κ3) is 6.94. The molecular weight excluding hydrogens is 416 g/mol. The average Bonchev–Trinajstić information content (AvgIpc) is 3.32. The minimum atomic E-state index is -0.227. The van der Waals surface area contributed by atoms with Crippen LogP contribution in [0.15, 0.2) is 60.7 Å². The second-order valence-electron chi connectivity index (χ2n) is 8.02. The molecule has 7 nitrogen and oxygen atoms in total. The van der Waals surface area contributed by atoms with E-state index in [9.17, 15) is 14.4 Å². The lowest BCUT2D eigenvalue weighted by atomic mass is 10.0. The van der Waals surface area contributed by atoms with E-state index >= 15 is 0 Å². The van der Waals surface area contributed by atoms with Crippen LogP contribution in [-0.2, 0) is 9.59 Å². The van der Waals surface area contributed by atoms with Gasteiger partial charge in [-0.15, -0.1) is 0 Å². The smallest absolute Gasteiger partial charge is 0.253 e. The van der Waals surface area contributed by atoms with Crippen LogP contribution in [-0.4, -0.2) is 42.3 Å². The van der Waals surface area contributed by atoms with Gasteiger partial charge < -0.3 is 20.9 Å². The molecule has 0 spiro atoms. The quantitative estimate of drug-likeness (QED) is 0.466. The topological polar surface area (TPSA) is 90.5 Å². The van der Waals surface area contributed by atoms with Crippen LogP contribution in [0.2, 0.25) is 0 Å². The van der Waals surface area contributed by atoms with Gasteiger partial charge in [-0.25, -0.2) is 0 Å². The Labute approximate surface area is 195 Å². The van der Waals surface area contributed by atoms with E-state index in [-0.39, 0.29) is 24.3 Å². The molecule has 3 N–H and O–H groups in total. The highest BCUT2D eigenvalue weighted by Crippen LogP contribution is 2.24. The number of nitrogens with zero attached hydrogens (tertiary/aromatic N) is 1. The number of benzene rings is 2. The van der Waals surface area contributed by atoms with Gasteiger partial charge in [0.1, 0.15) is 0 Å². The summed E-state index contributed by atoms with van der Waals surface area (Å²) in [7, 11) is 0. The molecule has 0 bridgehead atoms. The predicted octanol–water partition coefficient (Wildman–Crippen LogP) is 4.51. The lowest BCUT2D eigenvalue weighted by Crippen LogP contribution is -2.30. The van der Waals surface area contributed by atoms with E-state index in [1.54, 1.807) is 29.2 Å². The molecule has 174 valence electrons. The summed E-state index contributed by atoms with van der Waals surface area (Å²) < 4.78 is 0. The zero-order valence-electron chi connectivity index (χ0n) is 19.3. The van der Waals surface area contributed by atoms with E-state index in [1.165, 1.54) is 0 Å². The predicted molar refractivity (Wildman–Crippen MR) is 132 cm³/mol. The molecule has 0 heterocycles. The van der Waals surface area contributed by atoms with Gasteiger partial charge in [0.25, 0.3) is 5.91 Å². The van der Waals surface area contributed by atoms with E-state index < -0.39 is 0 Å². The highest BCUT2D eigenvalue weighted by atomic mass is 16.2. The normalized spacial score (nSPS) is 14.5. The summed E-state index contributed by atoms with van der Waals surface area (Å²) in [6.07, 6.45) is 6.71. The molecule has 3 rings (SSSR count). The Bertz CT molecular complexity index is 997. The standard InChI is InChI=1S/C26H32N4O3/c1-3-30(4-2)26(33)20-13-15-21(16-14-20)28-25(32)18-27-22-11-7-8-12-23(22)29-24(31)17-19-9-5-6-10-19/h5,7-9,11-16,19,27H,3-4,6,10,17-18H2,1-2H3,(H,28,32)(H,29,31). The molecule has 7 heteroatoms. The van der Waals surface area contributed by atoms with E-state index in [0.717, 1.165) is 12.8 Å². The number of nitrogens with one attached hydrogen (secondary N) is 3. The van der Waals surface area contributed by atoms with Gasteiger partial charge in [0.2, 0.25) is 11.8 Å². The largest absolute Gasteiger partial charge is 0.374 e. The third-order valence-electron chi connectivity index (χ3n) is 5.67. The van der Waals surface area contributed by atoms with Crippen molar-refractivity contribution in [2.45, 2.75) is 33.1 Å². The molecule has 0 saturated heterocycles. The highest BCUT2D eigenvalue weighted by Gasteiger charge is 2.15. The van der Waals surface area contributed by atoms with Crippen LogP contribution in [0.1, 0.15) is 43.5 Å². The van der Waals surface area contributed by atoms with Gasteiger partial charge in [0.15, 0.2) is 0 Å². The van der Waals surface area contributed by atoms with Gasteiger partial charge in [-0.2, -0.15) is 0 Å². The number of allylic oxidation sites excluding steroid dienone is 2. The molecule has 1 aliphatic carbocycles. The van der Waals surface area contributed by atoms with Crippen LogP contribution >= 0.6 is 0 Å². The first-order valence-electron chi connectivity index (χ1n) is 11.5. The minimum Gasteiger partial charge on any atom is -0.374 e. The number of hydrogen-bond donors (Lipinski definition) is 3. The van der Waals surface area contributed by atoms with Crippen LogP contribution in [0.4, 0.5) is 17.1 Å². The molecular formula is C26H32N4O3. The minimum absolute atomic E-state index is 0.0258. The summed E-state index contributed by atoms with van der Waals surface area (Å²) >= 11 is 0. The van der Waals surface area contributed by atoms with E-state index in [2.05, 4.69) is 28.1 Å². The van der Waals surface area contributed by atoms with Crippen LogP contribution < -0.4 is 16.0 Å². The SMILES string of the molecule is CCN(CC)C(=O)c1ccc(NC(=O)CNc2ccccc2NC(=O)CC2C=CCC2)cc1. The molecule has 1 atom stereocenters. The number of carbonyl (C=O) groups is 3. The maximum Gasteiger partial charge on any atom is 0.253 e. The molecule has 33 heavy (non-hydrogen) atoms. The number of anilines is 3. The molecule has 2 aromatic carbocycles. The highest BCUT2D eigenvalue weighted by molar-refractivity contribution is 5.98. The van der Waals surface area contributed by atoms with Crippen LogP contribution in [0.25, 0.3) is 0 Å². The molecule has 2 aromatic rings. The van der Waals surface area contributed by atoms with Crippen molar-refractivity contribution in [1.29, 1.82) is 0 Å². The van der Waals surface area contributed by atoms with E-state index in [1.807, 2.05) is 38.1 Å². The number of carbonyl (C=O) groups excluding carboxylic acids is 3. The Morgan fingerprint density at radius 2 is 1.61 bits per heavy atom. The number of para-hydroxylation sites is 2. The summed E-state index contributed by atoms with van der Waals surface area (Å²) in [6.45, 7) is 5.23. The average molecular weight is 449 g/mol. The van der Waals surface area contributed by atoms with Crippen molar-refractivity contribution in [3.05, 3.63) is 66.2 Å². The van der Waals surface area contributed by atoms with Gasteiger partial charge in [0.05, 0.1) is 17.9 Å². The number of amides is 3. The van der Waals surface area contributed by atoms with Crippen LogP contribution in [0, 0.1) is 5.92 Å². The Kier molecular flexibility index (Phi) is 8.63. The number of hydrogen-bond acceptors (Lipinski definition) is 4. The molecule has 0 saturated carbocycles. The van der Waals surface area contributed by atoms with E-state index in [4.69, 9.17) is 0 Å². The first-order chi connectivity index (χ1) is 16.0. The Hall–Kier alpha value is -3.61. The molecule has 1 unspecified atom stereocenters. The van der Waals surface area contributed by atoms with E-state index in [0.29, 0.717) is 48.1 Å². The first-order valence-corrected chi connectivity index (χ1v) is 11.5. The third-order valence-corrected chi connectivity index (χ3v) is 5.67. The monoisotopic (exact) mass is 448 g/mol. The summed E-state index contributed by atoms with van der Waals surface area (Å²) in [6, 6.07) is 14.2. The maximum atomic E-state index is 12.4. The van der Waals surface area contributed by atoms with Crippen LogP contribution in [0.5, 0.6) is 0 Å². The van der Waals surface area contributed by atoms with Crippen molar-refractivity contribution in [3.8, 4) is 0 Å². The molecule has 3 amide bonds. The molecule has 0 fully saturated rings. The lowest BCUT2D eigenvalue weighted by molar-refractivity contribution is -0.117. The molecule has 0 aliphatic heterocycles. The second-order valence-corrected chi connectivity index (χ2v) is 8.02. The zero-order valence-corrected chi connectivity index (χ0v) is 19.3. The summed E-state index contributed by atoms with van der Waals surface area (Å²) in [5, 5.41) is 8.86. The van der Waals surface area contributed by atoms with Crippen LogP contribution in [0.3, 0.4) is 0 Å². The fourth-order valence-electron chi connectivity index (χ4n) is 3.82. The van der Waals surface area contributed by atoms with Crippen molar-refractivity contribution >= 4 is 34.8 Å². The Balaban J connectivity index is 1.52. The van der Waals surface area contributed by atoms with Gasteiger partial charge in [0, 0.05) is 30.8 Å². The number of rotatable bonds is 10. The fraction of sp³-hybridized carbons (Fsp3) is 0.346. The zero-order chi connectivity index (χ0) is 23.6. The lowest BCUT2D eigenvalue weighted by Gasteiger charge is -2.18. The maximum absolute atomic E-state index is 12.4. The second kappa shape index (κ2) is 11.9. The van der Waals surface area contributed by atoms with Crippen molar-refractivity contribution < 1.29 is 14.4 Å². The van der Waals surface area contributed by atoms with Crippen molar-refractivity contribution in [1.82, 2.24) is 4.90 Å². The van der Waals surface area contributed by atoms with Crippen molar-refractivity contribution in [2.75, 3.05) is 35.6 Å². The van der Waals surface area contributed by atoms with Gasteiger partial charge in [-0.05, 0) is 69.0 Å². The Morgan fingerprint density at radius 1 is 0.909 bits per heavy atom. The summed E-state index contributed by atoms with van der Waals surface area (Å²) in [5.74, 6) is 0.00592. The van der Waals surface area contributed by atoms with Gasteiger partial charge >= 0.3 is 0 Å². The first kappa shape index (κ1) is 24.0. The Morgan fingerprint density at radius 3 is 2.24 bits per heavy atom. The molecule has 0 radical (unpaired) electrons. The summed E-state index contributed by atoms with van der Waals surface area (Å²) in [4.78, 5) is 39.0. The molecule has 0 aromatic heterocycles. The molecule has 1 aliphatic rings. The summed E-state index contributed by atoms with van der Waals surface area (Å²) in [5.41, 5.74) is 2.54. The van der Waals surface area contributed by atoms with Gasteiger partial charge in [-0.1, -0.05) is 24.3 Å². The fourth-order valence-corrected chi connectivity index (χ4v) is 3.82. The van der Waals surface area contributed by atoms with Gasteiger partial charge in [-0.3, -0.25) is 14.4 Å². The van der Waals surface area contributed by atoms with Crippen molar-refractivity contribution in [2.24, 2.45) is 5.92 Å².